The SMILES string of the molecule is N#Cc1csc(C(=O)O)c1CC1CC1. The highest BCUT2D eigenvalue weighted by atomic mass is 32.1. The molecule has 2 rings (SSSR count). The molecule has 0 unspecified atom stereocenters. The van der Waals surface area contributed by atoms with E-state index in [-0.39, 0.29) is 0 Å². The second-order valence-corrected chi connectivity index (χ2v) is 4.40. The minimum Gasteiger partial charge on any atom is -0.477 e. The van der Waals surface area contributed by atoms with E-state index in [1.807, 2.05) is 0 Å². The molecule has 0 radical (unpaired) electrons. The molecule has 0 atom stereocenters. The number of nitrogens with zero attached hydrogens (tertiary/aromatic N) is 1. The number of carboxylic acids is 1. The molecule has 0 aromatic carbocycles. The summed E-state index contributed by atoms with van der Waals surface area (Å²) in [5, 5.41) is 19.4. The van der Waals surface area contributed by atoms with Crippen LogP contribution in [0.5, 0.6) is 0 Å². The third-order valence-corrected chi connectivity index (χ3v) is 3.41. The van der Waals surface area contributed by atoms with Crippen LogP contribution in [0.1, 0.15) is 33.6 Å². The maximum absolute atomic E-state index is 10.9. The van der Waals surface area contributed by atoms with Crippen molar-refractivity contribution in [1.82, 2.24) is 0 Å². The molecule has 0 bridgehead atoms. The molecule has 0 saturated heterocycles. The largest absolute Gasteiger partial charge is 0.477 e. The Bertz CT molecular complexity index is 412. The molecule has 72 valence electrons. The van der Waals surface area contributed by atoms with E-state index in [4.69, 9.17) is 10.4 Å². The molecule has 3 nitrogen and oxygen atoms in total. The molecule has 0 aliphatic heterocycles. The van der Waals surface area contributed by atoms with Gasteiger partial charge in [0.15, 0.2) is 0 Å². The summed E-state index contributed by atoms with van der Waals surface area (Å²) in [5.41, 5.74) is 1.28. The number of hydrogen-bond acceptors (Lipinski definition) is 3. The van der Waals surface area contributed by atoms with Crippen LogP contribution >= 0.6 is 11.3 Å². The van der Waals surface area contributed by atoms with E-state index in [1.165, 1.54) is 12.8 Å². The molecule has 1 fully saturated rings. The van der Waals surface area contributed by atoms with Crippen molar-refractivity contribution in [3.05, 3.63) is 21.4 Å². The molecule has 0 spiro atoms. The molecule has 1 saturated carbocycles. The summed E-state index contributed by atoms with van der Waals surface area (Å²) in [4.78, 5) is 11.2. The third kappa shape index (κ3) is 1.64. The number of hydrogen-bond donors (Lipinski definition) is 1. The zero-order valence-electron chi connectivity index (χ0n) is 7.49. The zero-order chi connectivity index (χ0) is 10.1. The molecule has 1 aliphatic carbocycles. The van der Waals surface area contributed by atoms with Gasteiger partial charge in [0.05, 0.1) is 5.56 Å². The van der Waals surface area contributed by atoms with E-state index in [0.29, 0.717) is 16.4 Å². The van der Waals surface area contributed by atoms with Crippen LogP contribution < -0.4 is 0 Å². The summed E-state index contributed by atoms with van der Waals surface area (Å²) < 4.78 is 0. The quantitative estimate of drug-likeness (QED) is 0.827. The predicted octanol–water partition coefficient (Wildman–Crippen LogP) is 2.27. The van der Waals surface area contributed by atoms with Crippen molar-refractivity contribution < 1.29 is 9.90 Å². The monoisotopic (exact) mass is 207 g/mol. The van der Waals surface area contributed by atoms with Crippen LogP contribution in [0.2, 0.25) is 0 Å². The molecule has 1 aromatic heterocycles. The number of thiophene rings is 1. The zero-order valence-corrected chi connectivity index (χ0v) is 8.30. The smallest absolute Gasteiger partial charge is 0.346 e. The summed E-state index contributed by atoms with van der Waals surface area (Å²) >= 11 is 1.16. The van der Waals surface area contributed by atoms with Crippen molar-refractivity contribution in [3.63, 3.8) is 0 Å². The second-order valence-electron chi connectivity index (χ2n) is 3.52. The normalized spacial score (nSPS) is 15.1. The number of carboxylic acid groups (broad SMARTS) is 1. The Labute approximate surface area is 85.6 Å². The van der Waals surface area contributed by atoms with Gasteiger partial charge in [-0.2, -0.15) is 5.26 Å². The molecule has 1 N–H and O–H groups in total. The van der Waals surface area contributed by atoms with Crippen LogP contribution in [0.25, 0.3) is 0 Å². The fourth-order valence-electron chi connectivity index (χ4n) is 1.47. The van der Waals surface area contributed by atoms with Crippen LogP contribution in [-0.4, -0.2) is 11.1 Å². The van der Waals surface area contributed by atoms with Crippen LogP contribution in [0, 0.1) is 17.2 Å². The van der Waals surface area contributed by atoms with Crippen molar-refractivity contribution in [2.75, 3.05) is 0 Å². The molecule has 14 heavy (non-hydrogen) atoms. The van der Waals surface area contributed by atoms with Gasteiger partial charge in [-0.3, -0.25) is 0 Å². The average molecular weight is 207 g/mol. The summed E-state index contributed by atoms with van der Waals surface area (Å²) in [5.74, 6) is -0.304. The van der Waals surface area contributed by atoms with Crippen LogP contribution in [-0.2, 0) is 6.42 Å². The van der Waals surface area contributed by atoms with E-state index >= 15 is 0 Å². The standard InChI is InChI=1S/C10H9NO2S/c11-4-7-5-14-9(10(12)13)8(7)3-6-1-2-6/h5-6H,1-3H2,(H,12,13). The van der Waals surface area contributed by atoms with Crippen LogP contribution in [0.15, 0.2) is 5.38 Å². The molecule has 1 heterocycles. The number of aromatic carboxylic acids is 1. The van der Waals surface area contributed by atoms with Crippen molar-refractivity contribution in [2.45, 2.75) is 19.3 Å². The Balaban J connectivity index is 2.35. The predicted molar refractivity (Wildman–Crippen MR) is 52.4 cm³/mol. The van der Waals surface area contributed by atoms with Gasteiger partial charge >= 0.3 is 5.97 Å². The number of rotatable bonds is 3. The Hall–Kier alpha value is -1.34. The summed E-state index contributed by atoms with van der Waals surface area (Å²) in [6.45, 7) is 0. The first kappa shape index (κ1) is 9.22. The minimum atomic E-state index is -0.910. The van der Waals surface area contributed by atoms with E-state index in [0.717, 1.165) is 23.3 Å². The third-order valence-electron chi connectivity index (χ3n) is 2.40. The van der Waals surface area contributed by atoms with Gasteiger partial charge in [0, 0.05) is 5.38 Å². The van der Waals surface area contributed by atoms with E-state index < -0.39 is 5.97 Å². The van der Waals surface area contributed by atoms with E-state index in [1.54, 1.807) is 5.38 Å². The van der Waals surface area contributed by atoms with Crippen LogP contribution in [0.3, 0.4) is 0 Å². The summed E-state index contributed by atoms with van der Waals surface area (Å²) in [7, 11) is 0. The van der Waals surface area contributed by atoms with Gasteiger partial charge < -0.3 is 5.11 Å². The Morgan fingerprint density at radius 3 is 2.93 bits per heavy atom. The van der Waals surface area contributed by atoms with Crippen molar-refractivity contribution in [1.29, 1.82) is 5.26 Å². The molecule has 1 aliphatic rings. The summed E-state index contributed by atoms with van der Waals surface area (Å²) in [6.07, 6.45) is 3.09. The molecular weight excluding hydrogens is 198 g/mol. The maximum Gasteiger partial charge on any atom is 0.346 e. The molecule has 4 heteroatoms. The van der Waals surface area contributed by atoms with E-state index in [2.05, 4.69) is 6.07 Å². The van der Waals surface area contributed by atoms with Gasteiger partial charge in [-0.05, 0) is 30.7 Å². The number of carbonyl (C=O) groups is 1. The fraction of sp³-hybridized carbons (Fsp3) is 0.400. The van der Waals surface area contributed by atoms with Crippen molar-refractivity contribution >= 4 is 17.3 Å². The Kier molecular flexibility index (Phi) is 2.26. The van der Waals surface area contributed by atoms with Gasteiger partial charge in [-0.25, -0.2) is 4.79 Å². The Morgan fingerprint density at radius 2 is 2.43 bits per heavy atom. The van der Waals surface area contributed by atoms with E-state index in [9.17, 15) is 4.79 Å². The molecular formula is C10H9NO2S. The first-order valence-electron chi connectivity index (χ1n) is 4.46. The number of nitriles is 1. The first-order chi connectivity index (χ1) is 6.72. The lowest BCUT2D eigenvalue weighted by Crippen LogP contribution is -2.00. The Morgan fingerprint density at radius 1 is 1.71 bits per heavy atom. The summed E-state index contributed by atoms with van der Waals surface area (Å²) in [6, 6.07) is 2.05. The van der Waals surface area contributed by atoms with Gasteiger partial charge in [0.25, 0.3) is 0 Å². The topological polar surface area (TPSA) is 61.1 Å². The maximum atomic E-state index is 10.9. The second kappa shape index (κ2) is 3.43. The fourth-order valence-corrected chi connectivity index (χ4v) is 2.34. The molecule has 0 amide bonds. The van der Waals surface area contributed by atoms with Crippen molar-refractivity contribution in [2.24, 2.45) is 5.92 Å². The lowest BCUT2D eigenvalue weighted by molar-refractivity contribution is 0.0701. The highest BCUT2D eigenvalue weighted by Gasteiger charge is 2.26. The van der Waals surface area contributed by atoms with Gasteiger partial charge in [0.1, 0.15) is 10.9 Å². The minimum absolute atomic E-state index is 0.341. The highest BCUT2D eigenvalue weighted by Crippen LogP contribution is 2.36. The van der Waals surface area contributed by atoms with Gasteiger partial charge in [-0.1, -0.05) is 0 Å². The van der Waals surface area contributed by atoms with Crippen molar-refractivity contribution in [3.8, 4) is 6.07 Å². The first-order valence-corrected chi connectivity index (χ1v) is 5.34. The van der Waals surface area contributed by atoms with Gasteiger partial charge in [-0.15, -0.1) is 11.3 Å². The lowest BCUT2D eigenvalue weighted by Gasteiger charge is -1.98. The highest BCUT2D eigenvalue weighted by molar-refractivity contribution is 7.12. The average Bonchev–Trinajstić information content (AvgIpc) is 2.84. The molecule has 1 aromatic rings. The lowest BCUT2D eigenvalue weighted by atomic mass is 10.1. The van der Waals surface area contributed by atoms with Crippen LogP contribution in [0.4, 0.5) is 0 Å². The van der Waals surface area contributed by atoms with Gasteiger partial charge in [0.2, 0.25) is 0 Å².